The third kappa shape index (κ3) is 3.11. The smallest absolute Gasteiger partial charge is 0.310 e. The number of carbonyl (C=O) groups excluding carboxylic acids is 1. The normalized spacial score (nSPS) is 17.0. The van der Waals surface area contributed by atoms with Crippen molar-refractivity contribution < 1.29 is 9.53 Å². The average Bonchev–Trinajstić information content (AvgIpc) is 2.50. The minimum atomic E-state index is -0.864. The van der Waals surface area contributed by atoms with Crippen LogP contribution in [0.2, 0.25) is 0 Å². The van der Waals surface area contributed by atoms with Crippen LogP contribution in [0.15, 0.2) is 24.3 Å². The molecule has 2 rings (SSSR count). The third-order valence-corrected chi connectivity index (χ3v) is 3.74. The fourth-order valence-electron chi connectivity index (χ4n) is 2.57. The Hall–Kier alpha value is -2.02. The van der Waals surface area contributed by atoms with Gasteiger partial charge < -0.3 is 10.1 Å². The Morgan fingerprint density at radius 2 is 1.95 bits per heavy atom. The van der Waals surface area contributed by atoms with Gasteiger partial charge in [-0.25, -0.2) is 6.57 Å². The summed E-state index contributed by atoms with van der Waals surface area (Å²) in [4.78, 5) is 16.0. The van der Waals surface area contributed by atoms with Gasteiger partial charge in [0.25, 0.3) is 0 Å². The number of anilines is 1. The van der Waals surface area contributed by atoms with Gasteiger partial charge in [0.2, 0.25) is 0 Å². The van der Waals surface area contributed by atoms with Gasteiger partial charge in [-0.2, -0.15) is 0 Å². The van der Waals surface area contributed by atoms with E-state index in [2.05, 4.69) is 10.2 Å². The van der Waals surface area contributed by atoms with Crippen LogP contribution in [0.1, 0.15) is 39.0 Å². The second kappa shape index (κ2) is 6.42. The van der Waals surface area contributed by atoms with Gasteiger partial charge in [-0.3, -0.25) is 9.64 Å². The third-order valence-electron chi connectivity index (χ3n) is 3.74. The van der Waals surface area contributed by atoms with E-state index in [1.165, 1.54) is 0 Å². The molecule has 1 aromatic rings. The zero-order valence-electron chi connectivity index (χ0n) is 11.8. The summed E-state index contributed by atoms with van der Waals surface area (Å²) in [5.41, 5.74) is -0.149. The second-order valence-electron chi connectivity index (χ2n) is 5.12. The van der Waals surface area contributed by atoms with Gasteiger partial charge in [0.1, 0.15) is 5.75 Å². The van der Waals surface area contributed by atoms with E-state index in [1.54, 1.807) is 0 Å². The molecule has 0 unspecified atom stereocenters. The minimum Gasteiger partial charge on any atom is -0.494 e. The Morgan fingerprint density at radius 3 is 2.50 bits per heavy atom. The first kappa shape index (κ1) is 14.4. The van der Waals surface area contributed by atoms with Gasteiger partial charge in [-0.05, 0) is 44.0 Å². The second-order valence-corrected chi connectivity index (χ2v) is 5.12. The molecule has 0 bridgehead atoms. The van der Waals surface area contributed by atoms with Crippen molar-refractivity contribution in [2.45, 2.75) is 44.6 Å². The molecule has 1 aliphatic carbocycles. The highest BCUT2D eigenvalue weighted by Crippen LogP contribution is 2.33. The first-order valence-electron chi connectivity index (χ1n) is 7.13. The van der Waals surface area contributed by atoms with E-state index in [9.17, 15) is 4.79 Å². The summed E-state index contributed by atoms with van der Waals surface area (Å²) in [6, 6.07) is 7.27. The Bertz CT molecular complexity index is 496. The summed E-state index contributed by atoms with van der Waals surface area (Å²) < 4.78 is 5.36. The summed E-state index contributed by atoms with van der Waals surface area (Å²) in [7, 11) is 0. The van der Waals surface area contributed by atoms with Crippen molar-refractivity contribution in [1.82, 2.24) is 0 Å². The molecule has 1 N–H and O–H groups in total. The standard InChI is InChI=1S/C16H20N2O2/c1-3-20-14-9-7-13(8-10-14)18-15(19)16(17-2)11-5-4-6-12-16/h7-10H,3-6,11-12H2,1H3,(H,18,19). The van der Waals surface area contributed by atoms with Crippen LogP contribution in [0, 0.1) is 6.57 Å². The summed E-state index contributed by atoms with van der Waals surface area (Å²) in [5.74, 6) is 0.611. The van der Waals surface area contributed by atoms with Gasteiger partial charge in [-0.1, -0.05) is 6.42 Å². The molecule has 1 amide bonds. The fourth-order valence-corrected chi connectivity index (χ4v) is 2.57. The largest absolute Gasteiger partial charge is 0.494 e. The van der Waals surface area contributed by atoms with E-state index in [1.807, 2.05) is 31.2 Å². The summed E-state index contributed by atoms with van der Waals surface area (Å²) in [5, 5.41) is 2.86. The van der Waals surface area contributed by atoms with E-state index in [0.717, 1.165) is 25.0 Å². The van der Waals surface area contributed by atoms with Gasteiger partial charge in [0.05, 0.1) is 6.61 Å². The van der Waals surface area contributed by atoms with Gasteiger partial charge >= 0.3 is 11.4 Å². The number of benzene rings is 1. The Balaban J connectivity index is 2.05. The summed E-state index contributed by atoms with van der Waals surface area (Å²) in [6.45, 7) is 9.92. The molecular formula is C16H20N2O2. The predicted molar refractivity (Wildman–Crippen MR) is 78.7 cm³/mol. The maximum Gasteiger partial charge on any atom is 0.310 e. The van der Waals surface area contributed by atoms with Crippen LogP contribution < -0.4 is 10.1 Å². The maximum absolute atomic E-state index is 12.4. The number of amides is 1. The lowest BCUT2D eigenvalue weighted by atomic mass is 9.81. The molecule has 0 aliphatic heterocycles. The lowest BCUT2D eigenvalue weighted by Gasteiger charge is -2.24. The molecule has 0 aromatic heterocycles. The van der Waals surface area contributed by atoms with E-state index < -0.39 is 5.54 Å². The zero-order chi connectivity index (χ0) is 14.4. The monoisotopic (exact) mass is 272 g/mol. The number of carbonyl (C=O) groups is 1. The topological polar surface area (TPSA) is 42.7 Å². The molecule has 1 aromatic carbocycles. The Labute approximate surface area is 120 Å². The first-order valence-corrected chi connectivity index (χ1v) is 7.13. The van der Waals surface area contributed by atoms with Crippen molar-refractivity contribution in [1.29, 1.82) is 0 Å². The number of ether oxygens (including phenoxy) is 1. The van der Waals surface area contributed by atoms with Gasteiger partial charge in [0.15, 0.2) is 0 Å². The molecular weight excluding hydrogens is 252 g/mol. The number of hydrogen-bond acceptors (Lipinski definition) is 2. The lowest BCUT2D eigenvalue weighted by Crippen LogP contribution is -2.41. The molecule has 4 heteroatoms. The van der Waals surface area contributed by atoms with E-state index in [-0.39, 0.29) is 5.91 Å². The summed E-state index contributed by atoms with van der Waals surface area (Å²) in [6.07, 6.45) is 4.37. The van der Waals surface area contributed by atoms with E-state index in [4.69, 9.17) is 11.3 Å². The van der Waals surface area contributed by atoms with Crippen molar-refractivity contribution in [3.8, 4) is 5.75 Å². The quantitative estimate of drug-likeness (QED) is 0.850. The molecule has 0 heterocycles. The molecule has 4 nitrogen and oxygen atoms in total. The molecule has 1 saturated carbocycles. The molecule has 0 saturated heterocycles. The van der Waals surface area contributed by atoms with Crippen molar-refractivity contribution >= 4 is 11.6 Å². The molecule has 20 heavy (non-hydrogen) atoms. The molecule has 1 fully saturated rings. The van der Waals surface area contributed by atoms with Crippen LogP contribution in [0.3, 0.4) is 0 Å². The van der Waals surface area contributed by atoms with Crippen molar-refractivity contribution in [2.75, 3.05) is 11.9 Å². The van der Waals surface area contributed by atoms with Crippen LogP contribution in [0.25, 0.3) is 4.85 Å². The molecule has 0 radical (unpaired) electrons. The minimum absolute atomic E-state index is 0.170. The highest BCUT2D eigenvalue weighted by atomic mass is 16.5. The SMILES string of the molecule is [C-]#[N+]C1(C(=O)Nc2ccc(OCC)cc2)CCCCC1. The fraction of sp³-hybridized carbons (Fsp3) is 0.500. The molecule has 0 atom stereocenters. The van der Waals surface area contributed by atoms with Crippen molar-refractivity contribution in [3.05, 3.63) is 35.7 Å². The Kier molecular flexibility index (Phi) is 4.62. The predicted octanol–water partition coefficient (Wildman–Crippen LogP) is 3.65. The molecule has 106 valence electrons. The van der Waals surface area contributed by atoms with Crippen LogP contribution in [0.4, 0.5) is 5.69 Å². The van der Waals surface area contributed by atoms with Gasteiger partial charge in [-0.15, -0.1) is 0 Å². The number of hydrogen-bond donors (Lipinski definition) is 1. The van der Waals surface area contributed by atoms with Crippen LogP contribution in [0.5, 0.6) is 5.75 Å². The van der Waals surface area contributed by atoms with Gasteiger partial charge in [0, 0.05) is 18.5 Å². The van der Waals surface area contributed by atoms with Crippen LogP contribution in [-0.4, -0.2) is 18.1 Å². The number of rotatable bonds is 4. The maximum atomic E-state index is 12.4. The molecule has 0 spiro atoms. The number of nitrogens with one attached hydrogen (secondary N) is 1. The van der Waals surface area contributed by atoms with E-state index in [0.29, 0.717) is 25.1 Å². The molecule has 1 aliphatic rings. The van der Waals surface area contributed by atoms with Crippen LogP contribution in [-0.2, 0) is 4.79 Å². The first-order chi connectivity index (χ1) is 9.70. The van der Waals surface area contributed by atoms with Crippen molar-refractivity contribution in [3.63, 3.8) is 0 Å². The van der Waals surface area contributed by atoms with Crippen LogP contribution >= 0.6 is 0 Å². The lowest BCUT2D eigenvalue weighted by molar-refractivity contribution is -0.120. The number of nitrogens with zero attached hydrogens (tertiary/aromatic N) is 1. The Morgan fingerprint density at radius 1 is 1.30 bits per heavy atom. The van der Waals surface area contributed by atoms with E-state index >= 15 is 0 Å². The highest BCUT2D eigenvalue weighted by molar-refractivity contribution is 5.99. The zero-order valence-corrected chi connectivity index (χ0v) is 11.8. The summed E-state index contributed by atoms with van der Waals surface area (Å²) >= 11 is 0. The van der Waals surface area contributed by atoms with Crippen molar-refractivity contribution in [2.24, 2.45) is 0 Å². The average molecular weight is 272 g/mol. The highest BCUT2D eigenvalue weighted by Gasteiger charge is 2.46.